The van der Waals surface area contributed by atoms with Crippen molar-refractivity contribution in [2.24, 2.45) is 5.92 Å². The smallest absolute Gasteiger partial charge is 0.0359 e. The standard InChI is InChI=1S/C15H24N2/c1-12(10-13-6-2-3-7-13)17-11-14-8-4-5-9-15(14)16/h4-5,8-9,12-13,17H,2-3,6-7,10-11,16H2,1H3/t12-/m0/s1. The van der Waals surface area contributed by atoms with Crippen LogP contribution in [0, 0.1) is 5.92 Å². The Balaban J connectivity index is 1.75. The maximum absolute atomic E-state index is 5.93. The molecule has 0 heterocycles. The summed E-state index contributed by atoms with van der Waals surface area (Å²) in [7, 11) is 0. The van der Waals surface area contributed by atoms with Gasteiger partial charge in [-0.15, -0.1) is 0 Å². The lowest BCUT2D eigenvalue weighted by molar-refractivity contribution is 0.404. The molecule has 0 bridgehead atoms. The average molecular weight is 232 g/mol. The molecule has 2 rings (SSSR count). The van der Waals surface area contributed by atoms with Crippen molar-refractivity contribution in [2.45, 2.75) is 51.6 Å². The van der Waals surface area contributed by atoms with Crippen LogP contribution in [-0.2, 0) is 6.54 Å². The Morgan fingerprint density at radius 1 is 1.29 bits per heavy atom. The summed E-state index contributed by atoms with van der Waals surface area (Å²) in [6, 6.07) is 8.71. The monoisotopic (exact) mass is 232 g/mol. The molecule has 0 spiro atoms. The molecule has 1 aliphatic rings. The second-order valence-electron chi connectivity index (χ2n) is 5.37. The van der Waals surface area contributed by atoms with Crippen molar-refractivity contribution in [1.29, 1.82) is 0 Å². The van der Waals surface area contributed by atoms with Crippen molar-refractivity contribution in [3.05, 3.63) is 29.8 Å². The van der Waals surface area contributed by atoms with E-state index in [0.29, 0.717) is 6.04 Å². The molecule has 1 aliphatic carbocycles. The van der Waals surface area contributed by atoms with E-state index in [9.17, 15) is 0 Å². The summed E-state index contributed by atoms with van der Waals surface area (Å²) in [4.78, 5) is 0. The van der Waals surface area contributed by atoms with Crippen molar-refractivity contribution in [1.82, 2.24) is 5.32 Å². The summed E-state index contributed by atoms with van der Waals surface area (Å²) in [6.07, 6.45) is 7.04. The number of hydrogen-bond donors (Lipinski definition) is 2. The number of benzene rings is 1. The van der Waals surface area contributed by atoms with Crippen LogP contribution in [0.15, 0.2) is 24.3 Å². The first-order valence-electron chi connectivity index (χ1n) is 6.82. The number of hydrogen-bond acceptors (Lipinski definition) is 2. The van der Waals surface area contributed by atoms with Crippen LogP contribution in [0.2, 0.25) is 0 Å². The fourth-order valence-corrected chi connectivity index (χ4v) is 2.81. The molecule has 0 aliphatic heterocycles. The second kappa shape index (κ2) is 6.06. The summed E-state index contributed by atoms with van der Waals surface area (Å²) in [5, 5.41) is 3.59. The molecule has 1 fully saturated rings. The molecule has 2 nitrogen and oxygen atoms in total. The zero-order valence-corrected chi connectivity index (χ0v) is 10.8. The quantitative estimate of drug-likeness (QED) is 0.764. The molecule has 1 aromatic rings. The van der Waals surface area contributed by atoms with Gasteiger partial charge in [-0.05, 0) is 30.9 Å². The summed E-state index contributed by atoms with van der Waals surface area (Å²) < 4.78 is 0. The van der Waals surface area contributed by atoms with Crippen molar-refractivity contribution in [2.75, 3.05) is 5.73 Å². The highest BCUT2D eigenvalue weighted by Gasteiger charge is 2.17. The molecule has 0 radical (unpaired) electrons. The summed E-state index contributed by atoms with van der Waals surface area (Å²) in [5.41, 5.74) is 8.04. The molecule has 0 aromatic heterocycles. The SMILES string of the molecule is C[C@@H](CC1CCCC1)NCc1ccccc1N. The van der Waals surface area contributed by atoms with Crippen LogP contribution >= 0.6 is 0 Å². The van der Waals surface area contributed by atoms with Gasteiger partial charge in [0.1, 0.15) is 0 Å². The third-order valence-corrected chi connectivity index (χ3v) is 3.86. The highest BCUT2D eigenvalue weighted by atomic mass is 14.9. The molecule has 94 valence electrons. The number of rotatable bonds is 5. The van der Waals surface area contributed by atoms with Gasteiger partial charge in [-0.1, -0.05) is 43.9 Å². The van der Waals surface area contributed by atoms with Gasteiger partial charge in [-0.3, -0.25) is 0 Å². The molecule has 3 N–H and O–H groups in total. The molecule has 1 saturated carbocycles. The van der Waals surface area contributed by atoms with Gasteiger partial charge in [0.2, 0.25) is 0 Å². The summed E-state index contributed by atoms with van der Waals surface area (Å²) in [6.45, 7) is 3.18. The van der Waals surface area contributed by atoms with Crippen LogP contribution in [0.3, 0.4) is 0 Å². The molecule has 0 unspecified atom stereocenters. The van der Waals surface area contributed by atoms with Crippen LogP contribution in [0.5, 0.6) is 0 Å². The van der Waals surface area contributed by atoms with Gasteiger partial charge < -0.3 is 11.1 Å². The van der Waals surface area contributed by atoms with E-state index in [1.807, 2.05) is 12.1 Å². The average Bonchev–Trinajstić information content (AvgIpc) is 2.81. The second-order valence-corrected chi connectivity index (χ2v) is 5.37. The minimum atomic E-state index is 0.595. The van der Waals surface area contributed by atoms with Crippen LogP contribution in [-0.4, -0.2) is 6.04 Å². The lowest BCUT2D eigenvalue weighted by Crippen LogP contribution is -2.27. The predicted octanol–water partition coefficient (Wildman–Crippen LogP) is 3.33. The normalized spacial score (nSPS) is 18.4. The van der Waals surface area contributed by atoms with Gasteiger partial charge in [-0.2, -0.15) is 0 Å². The molecule has 0 amide bonds. The van der Waals surface area contributed by atoms with Crippen molar-refractivity contribution in [3.8, 4) is 0 Å². The maximum Gasteiger partial charge on any atom is 0.0359 e. The van der Waals surface area contributed by atoms with Gasteiger partial charge in [0.05, 0.1) is 0 Å². The van der Waals surface area contributed by atoms with E-state index in [1.54, 1.807) is 0 Å². The van der Waals surface area contributed by atoms with E-state index in [0.717, 1.165) is 18.2 Å². The van der Waals surface area contributed by atoms with E-state index in [2.05, 4.69) is 24.4 Å². The molecule has 0 saturated heterocycles. The number of anilines is 1. The van der Waals surface area contributed by atoms with Crippen molar-refractivity contribution >= 4 is 5.69 Å². The Labute approximate surface area is 105 Å². The van der Waals surface area contributed by atoms with Gasteiger partial charge in [0, 0.05) is 18.3 Å². The first-order chi connectivity index (χ1) is 8.25. The number of para-hydroxylation sites is 1. The Morgan fingerprint density at radius 3 is 2.71 bits per heavy atom. The Bertz CT molecular complexity index is 343. The molecule has 1 atom stereocenters. The summed E-state index contributed by atoms with van der Waals surface area (Å²) >= 11 is 0. The van der Waals surface area contributed by atoms with E-state index in [-0.39, 0.29) is 0 Å². The Morgan fingerprint density at radius 2 is 2.00 bits per heavy atom. The van der Waals surface area contributed by atoms with Crippen LogP contribution in [0.4, 0.5) is 5.69 Å². The minimum Gasteiger partial charge on any atom is -0.398 e. The van der Waals surface area contributed by atoms with Gasteiger partial charge >= 0.3 is 0 Å². The van der Waals surface area contributed by atoms with Crippen LogP contribution in [0.25, 0.3) is 0 Å². The zero-order valence-electron chi connectivity index (χ0n) is 10.8. The molecule has 2 heteroatoms. The fourth-order valence-electron chi connectivity index (χ4n) is 2.81. The van der Waals surface area contributed by atoms with E-state index in [4.69, 9.17) is 5.73 Å². The maximum atomic E-state index is 5.93. The summed E-state index contributed by atoms with van der Waals surface area (Å²) in [5.74, 6) is 0.950. The highest BCUT2D eigenvalue weighted by molar-refractivity contribution is 5.46. The molecular weight excluding hydrogens is 208 g/mol. The van der Waals surface area contributed by atoms with Gasteiger partial charge in [0.25, 0.3) is 0 Å². The van der Waals surface area contributed by atoms with Crippen LogP contribution < -0.4 is 11.1 Å². The topological polar surface area (TPSA) is 38.0 Å². The van der Waals surface area contributed by atoms with E-state index < -0.39 is 0 Å². The van der Waals surface area contributed by atoms with Crippen LogP contribution in [0.1, 0.15) is 44.6 Å². The number of nitrogens with two attached hydrogens (primary N) is 1. The lowest BCUT2D eigenvalue weighted by atomic mass is 9.99. The highest BCUT2D eigenvalue weighted by Crippen LogP contribution is 2.28. The van der Waals surface area contributed by atoms with Gasteiger partial charge in [0.15, 0.2) is 0 Å². The minimum absolute atomic E-state index is 0.595. The number of nitrogen functional groups attached to an aromatic ring is 1. The molecule has 17 heavy (non-hydrogen) atoms. The Kier molecular flexibility index (Phi) is 4.43. The fraction of sp³-hybridized carbons (Fsp3) is 0.600. The lowest BCUT2D eigenvalue weighted by Gasteiger charge is -2.18. The Hall–Kier alpha value is -1.02. The predicted molar refractivity (Wildman–Crippen MR) is 73.7 cm³/mol. The zero-order chi connectivity index (χ0) is 12.1. The third kappa shape index (κ3) is 3.74. The van der Waals surface area contributed by atoms with Gasteiger partial charge in [-0.25, -0.2) is 0 Å². The molecular formula is C15H24N2. The third-order valence-electron chi connectivity index (χ3n) is 3.86. The molecule has 1 aromatic carbocycles. The van der Waals surface area contributed by atoms with Crippen molar-refractivity contribution in [3.63, 3.8) is 0 Å². The largest absolute Gasteiger partial charge is 0.398 e. The van der Waals surface area contributed by atoms with E-state index in [1.165, 1.54) is 37.7 Å². The first-order valence-corrected chi connectivity index (χ1v) is 6.82. The van der Waals surface area contributed by atoms with Crippen molar-refractivity contribution < 1.29 is 0 Å². The number of nitrogens with one attached hydrogen (secondary N) is 1. The van der Waals surface area contributed by atoms with E-state index >= 15 is 0 Å². The first kappa shape index (κ1) is 12.4.